The van der Waals surface area contributed by atoms with Gasteiger partial charge < -0.3 is 9.31 Å². The Labute approximate surface area is 152 Å². The van der Waals surface area contributed by atoms with Crippen molar-refractivity contribution < 1.29 is 30.9 Å². The summed E-state index contributed by atoms with van der Waals surface area (Å²) < 4.78 is 78.3. The van der Waals surface area contributed by atoms with Crippen LogP contribution in [0.5, 0.6) is 0 Å². The van der Waals surface area contributed by atoms with Crippen LogP contribution in [-0.4, -0.2) is 33.3 Å². The van der Waals surface area contributed by atoms with E-state index in [4.69, 9.17) is 9.31 Å². The zero-order valence-corrected chi connectivity index (χ0v) is 16.2. The average Bonchev–Trinajstić information content (AvgIpc) is 2.72. The molecular weight excluding hydrogens is 370 g/mol. The van der Waals surface area contributed by atoms with E-state index in [1.54, 1.807) is 34.6 Å². The zero-order valence-electron chi connectivity index (χ0n) is 15.4. The van der Waals surface area contributed by atoms with E-state index in [0.717, 1.165) is 12.1 Å². The van der Waals surface area contributed by atoms with Gasteiger partial charge in [0.25, 0.3) is 0 Å². The smallest absolute Gasteiger partial charge is 0.399 e. The summed E-state index contributed by atoms with van der Waals surface area (Å²) in [6, 6.07) is 2.64. The van der Waals surface area contributed by atoms with E-state index in [2.05, 4.69) is 4.72 Å². The number of alkyl halides is 3. The Kier molecular flexibility index (Phi) is 5.56. The number of nitrogens with one attached hydrogen (secondary N) is 1. The van der Waals surface area contributed by atoms with E-state index in [9.17, 15) is 21.6 Å². The highest BCUT2D eigenvalue weighted by molar-refractivity contribution is 7.89. The summed E-state index contributed by atoms with van der Waals surface area (Å²) in [7, 11) is -5.17. The molecular formula is C16H23BF3NO4S. The average molecular weight is 393 g/mol. The number of sulfonamides is 1. The van der Waals surface area contributed by atoms with Crippen LogP contribution in [0, 0.1) is 0 Å². The fourth-order valence-electron chi connectivity index (χ4n) is 2.38. The van der Waals surface area contributed by atoms with Gasteiger partial charge in [0, 0.05) is 6.54 Å². The Morgan fingerprint density at radius 2 is 1.62 bits per heavy atom. The zero-order chi connectivity index (χ0) is 20.0. The maximum absolute atomic E-state index is 13.3. The number of halogens is 3. The first-order valence-corrected chi connectivity index (χ1v) is 9.75. The molecule has 1 N–H and O–H groups in total. The van der Waals surface area contributed by atoms with Gasteiger partial charge in [-0.15, -0.1) is 0 Å². The molecule has 2 rings (SSSR count). The number of benzene rings is 1. The number of rotatable bonds is 5. The summed E-state index contributed by atoms with van der Waals surface area (Å²) >= 11 is 0. The van der Waals surface area contributed by atoms with E-state index in [0.29, 0.717) is 12.5 Å². The molecule has 0 spiro atoms. The minimum absolute atomic E-state index is 0.00958. The molecule has 0 unspecified atom stereocenters. The predicted molar refractivity (Wildman–Crippen MR) is 92.6 cm³/mol. The molecule has 0 bridgehead atoms. The largest absolute Gasteiger partial charge is 0.494 e. The first-order chi connectivity index (χ1) is 11.7. The van der Waals surface area contributed by atoms with Crippen LogP contribution < -0.4 is 10.2 Å². The minimum Gasteiger partial charge on any atom is -0.399 e. The van der Waals surface area contributed by atoms with Crippen LogP contribution in [0.15, 0.2) is 23.1 Å². The second-order valence-electron chi connectivity index (χ2n) is 7.27. The van der Waals surface area contributed by atoms with Gasteiger partial charge in [-0.2, -0.15) is 13.2 Å². The first-order valence-electron chi connectivity index (χ1n) is 8.27. The van der Waals surface area contributed by atoms with Crippen molar-refractivity contribution in [2.45, 2.75) is 63.3 Å². The van der Waals surface area contributed by atoms with Gasteiger partial charge in [0.15, 0.2) is 0 Å². The van der Waals surface area contributed by atoms with Crippen LogP contribution in [0.25, 0.3) is 0 Å². The molecule has 0 aromatic heterocycles. The molecule has 0 radical (unpaired) electrons. The fourth-order valence-corrected chi connectivity index (χ4v) is 3.59. The topological polar surface area (TPSA) is 64.6 Å². The summed E-state index contributed by atoms with van der Waals surface area (Å²) in [4.78, 5) is -0.467. The third kappa shape index (κ3) is 4.24. The second-order valence-corrected chi connectivity index (χ2v) is 9.04. The quantitative estimate of drug-likeness (QED) is 0.782. The van der Waals surface area contributed by atoms with Crippen LogP contribution in [0.2, 0.25) is 0 Å². The standard InChI is InChI=1S/C16H23BF3NO4S/c1-6-7-21-26(22,23)13-9-11(16(18,19)20)8-12(10-13)17-24-14(2,3)15(4,5)25-17/h8-10,21H,6-7H2,1-5H3. The van der Waals surface area contributed by atoms with Crippen molar-refractivity contribution >= 4 is 22.6 Å². The fraction of sp³-hybridized carbons (Fsp3) is 0.625. The molecule has 1 aliphatic heterocycles. The van der Waals surface area contributed by atoms with Gasteiger partial charge in [-0.3, -0.25) is 0 Å². The number of hydrogen-bond donors (Lipinski definition) is 1. The normalized spacial score (nSPS) is 19.8. The van der Waals surface area contributed by atoms with Crippen LogP contribution in [-0.2, 0) is 25.5 Å². The molecule has 5 nitrogen and oxygen atoms in total. The molecule has 1 aliphatic rings. The van der Waals surface area contributed by atoms with Crippen LogP contribution in [0.3, 0.4) is 0 Å². The monoisotopic (exact) mass is 393 g/mol. The van der Waals surface area contributed by atoms with Gasteiger partial charge in [-0.25, -0.2) is 13.1 Å². The molecule has 1 heterocycles. The lowest BCUT2D eigenvalue weighted by molar-refractivity contribution is -0.137. The first kappa shape index (κ1) is 21.2. The molecule has 10 heteroatoms. The van der Waals surface area contributed by atoms with Gasteiger partial charge >= 0.3 is 13.3 Å². The Bertz CT molecular complexity index is 762. The summed E-state index contributed by atoms with van der Waals surface area (Å²) in [6.45, 7) is 8.94. The highest BCUT2D eigenvalue weighted by atomic mass is 32.2. The maximum atomic E-state index is 13.3. The number of hydrogen-bond acceptors (Lipinski definition) is 4. The lowest BCUT2D eigenvalue weighted by Gasteiger charge is -2.32. The summed E-state index contributed by atoms with van der Waals surface area (Å²) in [5.41, 5.74) is -2.58. The van der Waals surface area contributed by atoms with E-state index in [1.807, 2.05) is 0 Å². The molecule has 1 aromatic rings. The maximum Gasteiger partial charge on any atom is 0.494 e. The van der Waals surface area contributed by atoms with Crippen molar-refractivity contribution in [2.24, 2.45) is 0 Å². The molecule has 0 amide bonds. The van der Waals surface area contributed by atoms with Crippen molar-refractivity contribution in [3.05, 3.63) is 23.8 Å². The van der Waals surface area contributed by atoms with E-state index >= 15 is 0 Å². The van der Waals surface area contributed by atoms with Gasteiger partial charge in [0.1, 0.15) is 0 Å². The van der Waals surface area contributed by atoms with Gasteiger partial charge in [0.05, 0.1) is 21.7 Å². The molecule has 0 atom stereocenters. The Morgan fingerprint density at radius 3 is 2.08 bits per heavy atom. The highest BCUT2D eigenvalue weighted by Crippen LogP contribution is 2.37. The van der Waals surface area contributed by atoms with E-state index in [-0.39, 0.29) is 12.0 Å². The highest BCUT2D eigenvalue weighted by Gasteiger charge is 2.52. The van der Waals surface area contributed by atoms with Crippen LogP contribution in [0.1, 0.15) is 46.6 Å². The molecule has 1 saturated heterocycles. The molecule has 0 saturated carbocycles. The third-order valence-electron chi connectivity index (χ3n) is 4.63. The van der Waals surface area contributed by atoms with Crippen molar-refractivity contribution in [3.8, 4) is 0 Å². The van der Waals surface area contributed by atoms with Crippen molar-refractivity contribution in [2.75, 3.05) is 6.54 Å². The molecule has 1 aromatic carbocycles. The second kappa shape index (κ2) is 6.81. The van der Waals surface area contributed by atoms with E-state index in [1.165, 1.54) is 0 Å². The summed E-state index contributed by atoms with van der Waals surface area (Å²) in [5.74, 6) is 0. The van der Waals surface area contributed by atoms with E-state index < -0.39 is 45.0 Å². The predicted octanol–water partition coefficient (Wildman–Crippen LogP) is 2.69. The van der Waals surface area contributed by atoms with Crippen molar-refractivity contribution in [1.29, 1.82) is 0 Å². The Balaban J connectivity index is 2.53. The van der Waals surface area contributed by atoms with Crippen LogP contribution >= 0.6 is 0 Å². The van der Waals surface area contributed by atoms with Crippen molar-refractivity contribution in [3.63, 3.8) is 0 Å². The minimum atomic E-state index is -4.70. The lowest BCUT2D eigenvalue weighted by atomic mass is 9.78. The SMILES string of the molecule is CCCNS(=O)(=O)c1cc(B2OC(C)(C)C(C)(C)O2)cc(C(F)(F)F)c1. The lowest BCUT2D eigenvalue weighted by Crippen LogP contribution is -2.41. The summed E-state index contributed by atoms with van der Waals surface area (Å²) in [5, 5.41) is 0. The molecule has 146 valence electrons. The van der Waals surface area contributed by atoms with Gasteiger partial charge in [-0.05, 0) is 51.7 Å². The Morgan fingerprint density at radius 1 is 1.08 bits per heavy atom. The van der Waals surface area contributed by atoms with Crippen molar-refractivity contribution in [1.82, 2.24) is 4.72 Å². The molecule has 1 fully saturated rings. The van der Waals surface area contributed by atoms with Crippen LogP contribution in [0.4, 0.5) is 13.2 Å². The van der Waals surface area contributed by atoms with Gasteiger partial charge in [0.2, 0.25) is 10.0 Å². The van der Waals surface area contributed by atoms with Gasteiger partial charge in [-0.1, -0.05) is 13.0 Å². The summed E-state index contributed by atoms with van der Waals surface area (Å²) in [6.07, 6.45) is -4.18. The molecule has 0 aliphatic carbocycles. The third-order valence-corrected chi connectivity index (χ3v) is 6.07. The molecule has 26 heavy (non-hydrogen) atoms. The Hall–Kier alpha value is -1.10.